The van der Waals surface area contributed by atoms with E-state index in [0.717, 1.165) is 24.3 Å². The Morgan fingerprint density at radius 2 is 1.43 bits per heavy atom. The van der Waals surface area contributed by atoms with Crippen LogP contribution in [0.25, 0.3) is 0 Å². The zero-order chi connectivity index (χ0) is 15.4. The number of ether oxygens (including phenoxy) is 3. The third-order valence-electron chi connectivity index (χ3n) is 4.56. The van der Waals surface area contributed by atoms with Gasteiger partial charge in [-0.25, -0.2) is 0 Å². The highest BCUT2D eigenvalue weighted by atomic mass is 16.5. The molecule has 0 radical (unpaired) electrons. The summed E-state index contributed by atoms with van der Waals surface area (Å²) >= 11 is 0. The van der Waals surface area contributed by atoms with Crippen LogP contribution in [0.15, 0.2) is 12.1 Å². The molecular weight excluding hydrogens is 268 g/mol. The fourth-order valence-corrected chi connectivity index (χ4v) is 3.14. The Morgan fingerprint density at radius 3 is 1.95 bits per heavy atom. The van der Waals surface area contributed by atoms with Crippen LogP contribution in [0.4, 0.5) is 0 Å². The summed E-state index contributed by atoms with van der Waals surface area (Å²) in [6.45, 7) is 2.28. The molecule has 4 heteroatoms. The highest BCUT2D eigenvalue weighted by molar-refractivity contribution is 5.51. The zero-order valence-corrected chi connectivity index (χ0v) is 13.4. The minimum absolute atomic E-state index is 0.285. The van der Waals surface area contributed by atoms with Gasteiger partial charge in [0, 0.05) is 11.6 Å². The Kier molecular flexibility index (Phi) is 5.34. The lowest BCUT2D eigenvalue weighted by Crippen LogP contribution is -2.20. The summed E-state index contributed by atoms with van der Waals surface area (Å²) in [5, 5.41) is 10.8. The van der Waals surface area contributed by atoms with Crippen LogP contribution < -0.4 is 14.2 Å². The van der Waals surface area contributed by atoms with E-state index in [1.165, 1.54) is 12.8 Å². The largest absolute Gasteiger partial charge is 0.496 e. The van der Waals surface area contributed by atoms with Gasteiger partial charge in [-0.3, -0.25) is 0 Å². The molecule has 1 aromatic rings. The van der Waals surface area contributed by atoms with Crippen LogP contribution in [0.5, 0.6) is 17.2 Å². The monoisotopic (exact) mass is 294 g/mol. The first kappa shape index (κ1) is 16.0. The van der Waals surface area contributed by atoms with Gasteiger partial charge in [0.15, 0.2) is 11.5 Å². The van der Waals surface area contributed by atoms with Crippen molar-refractivity contribution in [3.63, 3.8) is 0 Å². The fourth-order valence-electron chi connectivity index (χ4n) is 3.14. The van der Waals surface area contributed by atoms with Crippen molar-refractivity contribution in [2.24, 2.45) is 11.8 Å². The minimum Gasteiger partial charge on any atom is -0.496 e. The molecule has 0 spiro atoms. The van der Waals surface area contributed by atoms with E-state index in [9.17, 15) is 5.11 Å². The van der Waals surface area contributed by atoms with Gasteiger partial charge in [0.1, 0.15) is 5.75 Å². The van der Waals surface area contributed by atoms with Crippen molar-refractivity contribution < 1.29 is 19.3 Å². The van der Waals surface area contributed by atoms with E-state index in [1.807, 2.05) is 6.07 Å². The number of rotatable bonds is 5. The Bertz CT molecular complexity index is 464. The number of hydrogen-bond acceptors (Lipinski definition) is 4. The molecule has 0 bridgehead atoms. The molecule has 0 heterocycles. The van der Waals surface area contributed by atoms with Gasteiger partial charge >= 0.3 is 0 Å². The number of aliphatic hydroxyl groups excluding tert-OH is 1. The maximum absolute atomic E-state index is 10.8. The van der Waals surface area contributed by atoms with Crippen LogP contribution in [0.2, 0.25) is 0 Å². The second-order valence-corrected chi connectivity index (χ2v) is 5.91. The quantitative estimate of drug-likeness (QED) is 0.902. The van der Waals surface area contributed by atoms with E-state index in [4.69, 9.17) is 14.2 Å². The van der Waals surface area contributed by atoms with Crippen molar-refractivity contribution in [3.8, 4) is 17.2 Å². The Morgan fingerprint density at radius 1 is 0.905 bits per heavy atom. The van der Waals surface area contributed by atoms with E-state index < -0.39 is 6.10 Å². The lowest BCUT2D eigenvalue weighted by Gasteiger charge is -2.31. The van der Waals surface area contributed by atoms with Crippen LogP contribution in [0.1, 0.15) is 44.3 Å². The number of hydrogen-bond donors (Lipinski definition) is 1. The topological polar surface area (TPSA) is 47.9 Å². The van der Waals surface area contributed by atoms with Crippen molar-refractivity contribution in [3.05, 3.63) is 17.7 Å². The molecule has 1 unspecified atom stereocenters. The Labute approximate surface area is 127 Å². The molecule has 1 aromatic carbocycles. The van der Waals surface area contributed by atoms with E-state index in [2.05, 4.69) is 6.92 Å². The van der Waals surface area contributed by atoms with Crippen LogP contribution in [-0.4, -0.2) is 26.4 Å². The third-order valence-corrected chi connectivity index (χ3v) is 4.56. The molecule has 4 nitrogen and oxygen atoms in total. The lowest BCUT2D eigenvalue weighted by atomic mass is 9.78. The third kappa shape index (κ3) is 3.43. The summed E-state index contributed by atoms with van der Waals surface area (Å²) in [4.78, 5) is 0. The van der Waals surface area contributed by atoms with Crippen molar-refractivity contribution in [2.45, 2.75) is 38.7 Å². The van der Waals surface area contributed by atoms with Gasteiger partial charge in [0.2, 0.25) is 0 Å². The van der Waals surface area contributed by atoms with Gasteiger partial charge in [-0.1, -0.05) is 19.8 Å². The summed E-state index contributed by atoms with van der Waals surface area (Å²) in [7, 11) is 4.80. The molecule has 0 saturated heterocycles. The van der Waals surface area contributed by atoms with Gasteiger partial charge in [0.05, 0.1) is 27.4 Å². The summed E-state index contributed by atoms with van der Waals surface area (Å²) in [5.74, 6) is 2.94. The number of benzene rings is 1. The molecule has 1 aliphatic rings. The fraction of sp³-hybridized carbons (Fsp3) is 0.647. The molecule has 1 fully saturated rings. The lowest BCUT2D eigenvalue weighted by molar-refractivity contribution is 0.0731. The van der Waals surface area contributed by atoms with Crippen molar-refractivity contribution in [1.29, 1.82) is 0 Å². The molecule has 2 rings (SSSR count). The molecule has 1 aliphatic carbocycles. The SMILES string of the molecule is COc1cc(OC)c(C(O)C2CCC(C)CC2)cc1OC. The van der Waals surface area contributed by atoms with Crippen molar-refractivity contribution >= 4 is 0 Å². The predicted octanol–water partition coefficient (Wildman–Crippen LogP) is 3.57. The van der Waals surface area contributed by atoms with Crippen LogP contribution in [0, 0.1) is 11.8 Å². The first-order valence-corrected chi connectivity index (χ1v) is 7.58. The van der Waals surface area contributed by atoms with E-state index in [0.29, 0.717) is 17.2 Å². The maximum Gasteiger partial charge on any atom is 0.164 e. The second kappa shape index (κ2) is 7.03. The Balaban J connectivity index is 2.28. The molecule has 118 valence electrons. The summed E-state index contributed by atoms with van der Waals surface area (Å²) in [6, 6.07) is 3.61. The smallest absolute Gasteiger partial charge is 0.164 e. The maximum atomic E-state index is 10.8. The first-order chi connectivity index (χ1) is 10.1. The highest BCUT2D eigenvalue weighted by Crippen LogP contribution is 2.43. The molecule has 0 aromatic heterocycles. The van der Waals surface area contributed by atoms with E-state index in [1.54, 1.807) is 27.4 Å². The first-order valence-electron chi connectivity index (χ1n) is 7.58. The molecule has 1 atom stereocenters. The van der Waals surface area contributed by atoms with Gasteiger partial charge in [-0.15, -0.1) is 0 Å². The average Bonchev–Trinajstić information content (AvgIpc) is 2.53. The average molecular weight is 294 g/mol. The van der Waals surface area contributed by atoms with Gasteiger partial charge in [-0.05, 0) is 30.7 Å². The van der Waals surface area contributed by atoms with Gasteiger partial charge in [-0.2, -0.15) is 0 Å². The van der Waals surface area contributed by atoms with Crippen molar-refractivity contribution in [2.75, 3.05) is 21.3 Å². The molecule has 1 saturated carbocycles. The van der Waals surface area contributed by atoms with Crippen molar-refractivity contribution in [1.82, 2.24) is 0 Å². The molecule has 21 heavy (non-hydrogen) atoms. The summed E-state index contributed by atoms with van der Waals surface area (Å²) in [6.07, 6.45) is 3.95. The van der Waals surface area contributed by atoms with Gasteiger partial charge in [0.25, 0.3) is 0 Å². The van der Waals surface area contributed by atoms with E-state index in [-0.39, 0.29) is 5.92 Å². The molecular formula is C17H26O4. The zero-order valence-electron chi connectivity index (χ0n) is 13.4. The van der Waals surface area contributed by atoms with Crippen LogP contribution >= 0.6 is 0 Å². The summed E-state index contributed by atoms with van der Waals surface area (Å²) < 4.78 is 16.1. The van der Waals surface area contributed by atoms with E-state index >= 15 is 0 Å². The molecule has 1 N–H and O–H groups in total. The summed E-state index contributed by atoms with van der Waals surface area (Å²) in [5.41, 5.74) is 0.787. The minimum atomic E-state index is -0.521. The number of aliphatic hydroxyl groups is 1. The predicted molar refractivity (Wildman–Crippen MR) is 82.2 cm³/mol. The molecule has 0 aliphatic heterocycles. The number of methoxy groups -OCH3 is 3. The van der Waals surface area contributed by atoms with Gasteiger partial charge < -0.3 is 19.3 Å². The normalized spacial score (nSPS) is 23.5. The van der Waals surface area contributed by atoms with Crippen LogP contribution in [-0.2, 0) is 0 Å². The second-order valence-electron chi connectivity index (χ2n) is 5.91. The highest BCUT2D eigenvalue weighted by Gasteiger charge is 2.28. The Hall–Kier alpha value is -1.42. The van der Waals surface area contributed by atoms with Crippen LogP contribution in [0.3, 0.4) is 0 Å². The standard InChI is InChI=1S/C17H26O4/c1-11-5-7-12(8-6-11)17(18)13-9-15(20-3)16(21-4)10-14(13)19-2/h9-12,17-18H,5-8H2,1-4H3. The molecule has 0 amide bonds.